The van der Waals surface area contributed by atoms with Gasteiger partial charge in [-0.25, -0.2) is 14.8 Å². The predicted octanol–water partition coefficient (Wildman–Crippen LogP) is 4.26. The van der Waals surface area contributed by atoms with Crippen LogP contribution in [0, 0.1) is 6.92 Å². The lowest BCUT2D eigenvalue weighted by atomic mass is 10.2. The summed E-state index contributed by atoms with van der Waals surface area (Å²) >= 11 is 2.97. The van der Waals surface area contributed by atoms with Gasteiger partial charge in [0, 0.05) is 10.9 Å². The molecule has 148 valence electrons. The van der Waals surface area contributed by atoms with Gasteiger partial charge in [0.1, 0.15) is 21.3 Å². The lowest BCUT2D eigenvalue weighted by Gasteiger charge is -2.14. The monoisotopic (exact) mass is 417 g/mol. The van der Waals surface area contributed by atoms with Crippen molar-refractivity contribution in [3.8, 4) is 0 Å². The SMILES string of the molecule is CCOC(=O)c1sc2nc(CSc3ccccc3)nc(N[C@@H](C)CO)c2c1C. The van der Waals surface area contributed by atoms with Crippen molar-refractivity contribution in [2.24, 2.45) is 0 Å². The number of aryl methyl sites for hydroxylation is 1. The number of anilines is 1. The van der Waals surface area contributed by atoms with E-state index in [0.717, 1.165) is 20.7 Å². The van der Waals surface area contributed by atoms with Gasteiger partial charge in [-0.1, -0.05) is 18.2 Å². The number of esters is 1. The standard InChI is InChI=1S/C20H23N3O3S2/c1-4-26-20(25)17-13(3)16-18(21-12(2)10-24)22-15(23-19(16)28-17)11-27-14-8-6-5-7-9-14/h5-9,12,24H,4,10-11H2,1-3H3,(H,21,22,23)/t12-/m0/s1. The first-order chi connectivity index (χ1) is 13.5. The molecule has 1 atom stereocenters. The van der Waals surface area contributed by atoms with E-state index in [2.05, 4.69) is 15.3 Å². The Kier molecular flexibility index (Phi) is 6.88. The van der Waals surface area contributed by atoms with E-state index in [1.54, 1.807) is 18.7 Å². The number of thioether (sulfide) groups is 1. The summed E-state index contributed by atoms with van der Waals surface area (Å²) in [7, 11) is 0. The van der Waals surface area contributed by atoms with Gasteiger partial charge in [-0.05, 0) is 38.5 Å². The number of aliphatic hydroxyl groups is 1. The minimum Gasteiger partial charge on any atom is -0.462 e. The quantitative estimate of drug-likeness (QED) is 0.418. The van der Waals surface area contributed by atoms with E-state index in [1.807, 2.05) is 44.2 Å². The second-order valence-electron chi connectivity index (χ2n) is 6.27. The number of hydrogen-bond acceptors (Lipinski definition) is 8. The molecule has 0 saturated carbocycles. The highest BCUT2D eigenvalue weighted by molar-refractivity contribution is 7.98. The zero-order chi connectivity index (χ0) is 20.1. The molecule has 0 amide bonds. The number of aromatic nitrogens is 2. The van der Waals surface area contributed by atoms with Gasteiger partial charge in [0.05, 0.1) is 24.4 Å². The number of hydrogen-bond donors (Lipinski definition) is 2. The molecular formula is C20H23N3O3S2. The Bertz CT molecular complexity index is 960. The van der Waals surface area contributed by atoms with Gasteiger partial charge in [0.2, 0.25) is 0 Å². The van der Waals surface area contributed by atoms with Gasteiger partial charge in [0.15, 0.2) is 0 Å². The van der Waals surface area contributed by atoms with Crippen molar-refractivity contribution in [1.82, 2.24) is 9.97 Å². The van der Waals surface area contributed by atoms with Crippen LogP contribution in [0.4, 0.5) is 5.82 Å². The Hall–Kier alpha value is -2.16. The molecule has 0 aliphatic carbocycles. The highest BCUT2D eigenvalue weighted by atomic mass is 32.2. The summed E-state index contributed by atoms with van der Waals surface area (Å²) < 4.78 is 5.17. The smallest absolute Gasteiger partial charge is 0.348 e. The zero-order valence-electron chi connectivity index (χ0n) is 16.1. The van der Waals surface area contributed by atoms with E-state index in [4.69, 9.17) is 4.74 Å². The fraction of sp³-hybridized carbons (Fsp3) is 0.350. The number of carbonyl (C=O) groups excluding carboxylic acids is 1. The summed E-state index contributed by atoms with van der Waals surface area (Å²) in [4.78, 5) is 24.1. The van der Waals surface area contributed by atoms with Gasteiger partial charge < -0.3 is 15.2 Å². The van der Waals surface area contributed by atoms with Crippen LogP contribution >= 0.6 is 23.1 Å². The average Bonchev–Trinajstić information content (AvgIpc) is 3.04. The third kappa shape index (κ3) is 4.63. The second-order valence-corrected chi connectivity index (χ2v) is 8.32. The summed E-state index contributed by atoms with van der Waals surface area (Å²) in [5.41, 5.74) is 0.799. The topological polar surface area (TPSA) is 84.3 Å². The molecule has 0 unspecified atom stereocenters. The molecule has 0 spiro atoms. The molecule has 0 bridgehead atoms. The Morgan fingerprint density at radius 1 is 1.32 bits per heavy atom. The summed E-state index contributed by atoms with van der Waals surface area (Å²) in [6.07, 6.45) is 0. The molecular weight excluding hydrogens is 394 g/mol. The van der Waals surface area contributed by atoms with Gasteiger partial charge in [-0.15, -0.1) is 23.1 Å². The van der Waals surface area contributed by atoms with Crippen molar-refractivity contribution in [3.05, 3.63) is 46.6 Å². The number of nitrogens with one attached hydrogen (secondary N) is 1. The highest BCUT2D eigenvalue weighted by Gasteiger charge is 2.22. The molecule has 1 aromatic carbocycles. The maximum absolute atomic E-state index is 12.3. The summed E-state index contributed by atoms with van der Waals surface area (Å²) in [5, 5.41) is 13.5. The van der Waals surface area contributed by atoms with Crippen LogP contribution in [0.3, 0.4) is 0 Å². The van der Waals surface area contributed by atoms with Crippen molar-refractivity contribution in [2.75, 3.05) is 18.5 Å². The number of benzene rings is 1. The van der Waals surface area contributed by atoms with E-state index in [9.17, 15) is 9.90 Å². The van der Waals surface area contributed by atoms with Crippen molar-refractivity contribution in [2.45, 2.75) is 37.5 Å². The summed E-state index contributed by atoms with van der Waals surface area (Å²) in [5.74, 6) is 1.57. The van der Waals surface area contributed by atoms with Crippen LogP contribution in [0.5, 0.6) is 0 Å². The average molecular weight is 418 g/mol. The Morgan fingerprint density at radius 2 is 2.07 bits per heavy atom. The van der Waals surface area contributed by atoms with Crippen LogP contribution in [-0.4, -0.2) is 40.3 Å². The molecule has 6 nitrogen and oxygen atoms in total. The number of thiophene rings is 1. The van der Waals surface area contributed by atoms with Crippen molar-refractivity contribution >= 4 is 45.1 Å². The van der Waals surface area contributed by atoms with Gasteiger partial charge in [-0.3, -0.25) is 0 Å². The lowest BCUT2D eigenvalue weighted by molar-refractivity contribution is 0.0531. The number of aliphatic hydroxyl groups excluding tert-OH is 1. The van der Waals surface area contributed by atoms with Gasteiger partial charge in [-0.2, -0.15) is 0 Å². The molecule has 0 saturated heterocycles. The van der Waals surface area contributed by atoms with Crippen LogP contribution in [0.25, 0.3) is 10.2 Å². The first-order valence-electron chi connectivity index (χ1n) is 9.05. The number of ether oxygens (including phenoxy) is 1. The molecule has 0 aliphatic rings. The summed E-state index contributed by atoms with van der Waals surface area (Å²) in [6.45, 7) is 5.84. The Morgan fingerprint density at radius 3 is 2.75 bits per heavy atom. The molecule has 28 heavy (non-hydrogen) atoms. The van der Waals surface area contributed by atoms with E-state index in [0.29, 0.717) is 28.9 Å². The van der Waals surface area contributed by atoms with Gasteiger partial charge in [0.25, 0.3) is 0 Å². The molecule has 0 radical (unpaired) electrons. The highest BCUT2D eigenvalue weighted by Crippen LogP contribution is 2.35. The Balaban J connectivity index is 1.99. The first kappa shape index (κ1) is 20.6. The fourth-order valence-electron chi connectivity index (χ4n) is 2.69. The maximum Gasteiger partial charge on any atom is 0.348 e. The molecule has 8 heteroatoms. The minimum absolute atomic E-state index is 0.0203. The Labute approximate surface area is 172 Å². The maximum atomic E-state index is 12.3. The third-order valence-electron chi connectivity index (χ3n) is 4.07. The molecule has 3 aromatic rings. The number of carbonyl (C=O) groups is 1. The largest absolute Gasteiger partial charge is 0.462 e. The number of rotatable bonds is 8. The lowest BCUT2D eigenvalue weighted by Crippen LogP contribution is -2.20. The van der Waals surface area contributed by atoms with E-state index < -0.39 is 0 Å². The number of fused-ring (bicyclic) bond motifs is 1. The first-order valence-corrected chi connectivity index (χ1v) is 10.9. The molecule has 0 aliphatic heterocycles. The fourth-order valence-corrected chi connectivity index (χ4v) is 4.56. The molecule has 2 heterocycles. The van der Waals surface area contributed by atoms with E-state index in [1.165, 1.54) is 11.3 Å². The van der Waals surface area contributed by atoms with Crippen LogP contribution in [0.2, 0.25) is 0 Å². The van der Waals surface area contributed by atoms with Crippen LogP contribution in [0.1, 0.15) is 34.9 Å². The molecule has 2 aromatic heterocycles. The zero-order valence-corrected chi connectivity index (χ0v) is 17.7. The molecule has 0 fully saturated rings. The second kappa shape index (κ2) is 9.36. The molecule has 2 N–H and O–H groups in total. The third-order valence-corrected chi connectivity index (χ3v) is 6.24. The van der Waals surface area contributed by atoms with Crippen LogP contribution < -0.4 is 5.32 Å². The van der Waals surface area contributed by atoms with Crippen LogP contribution in [0.15, 0.2) is 35.2 Å². The minimum atomic E-state index is -0.343. The predicted molar refractivity (Wildman–Crippen MR) is 114 cm³/mol. The van der Waals surface area contributed by atoms with Crippen molar-refractivity contribution in [3.63, 3.8) is 0 Å². The molecule has 3 rings (SSSR count). The summed E-state index contributed by atoms with van der Waals surface area (Å²) in [6, 6.07) is 9.90. The van der Waals surface area contributed by atoms with Gasteiger partial charge >= 0.3 is 5.97 Å². The van der Waals surface area contributed by atoms with Crippen molar-refractivity contribution < 1.29 is 14.6 Å². The van der Waals surface area contributed by atoms with E-state index >= 15 is 0 Å². The van der Waals surface area contributed by atoms with E-state index in [-0.39, 0.29) is 18.6 Å². The van der Waals surface area contributed by atoms with Crippen LogP contribution in [-0.2, 0) is 10.5 Å². The van der Waals surface area contributed by atoms with Crippen molar-refractivity contribution in [1.29, 1.82) is 0 Å². The number of nitrogens with zero attached hydrogens (tertiary/aromatic N) is 2. The normalized spacial score (nSPS) is 12.1.